The van der Waals surface area contributed by atoms with Gasteiger partial charge in [-0.15, -0.1) is 0 Å². The lowest BCUT2D eigenvalue weighted by Gasteiger charge is -2.38. The Morgan fingerprint density at radius 3 is 2.06 bits per heavy atom. The van der Waals surface area contributed by atoms with Crippen molar-refractivity contribution in [3.8, 4) is 0 Å². The van der Waals surface area contributed by atoms with Gasteiger partial charge in [0.15, 0.2) is 0 Å². The first kappa shape index (κ1) is 16.3. The molecular formula is C10H21NO4SSi. The van der Waals surface area contributed by atoms with Crippen LogP contribution < -0.4 is 0 Å². The van der Waals surface area contributed by atoms with E-state index in [0.717, 1.165) is 0 Å². The molecule has 17 heavy (non-hydrogen) atoms. The molecule has 0 aliphatic heterocycles. The minimum atomic E-state index is -2.74. The van der Waals surface area contributed by atoms with Gasteiger partial charge in [-0.05, 0) is 11.0 Å². The van der Waals surface area contributed by atoms with Gasteiger partial charge < -0.3 is 4.74 Å². The summed E-state index contributed by atoms with van der Waals surface area (Å²) >= 11 is 0. The molecule has 1 atom stereocenters. The molecular weight excluding hydrogens is 258 g/mol. The summed E-state index contributed by atoms with van der Waals surface area (Å²) in [7, 11) is -4.24. The monoisotopic (exact) mass is 279 g/mol. The first-order valence-corrected chi connectivity index (χ1v) is 10.0. The highest BCUT2D eigenvalue weighted by Crippen LogP contribution is 2.39. The second-order valence-corrected chi connectivity index (χ2v) is 12.2. The van der Waals surface area contributed by atoms with Crippen molar-refractivity contribution >= 4 is 24.7 Å². The van der Waals surface area contributed by atoms with Gasteiger partial charge in [-0.2, -0.15) is 8.42 Å². The quantitative estimate of drug-likeness (QED) is 0.744. The van der Waals surface area contributed by atoms with Crippen LogP contribution in [0.4, 0.5) is 4.79 Å². The minimum absolute atomic E-state index is 0.0152. The average molecular weight is 279 g/mol. The normalized spacial score (nSPS) is 14.0. The Kier molecular flexibility index (Phi) is 5.53. The number of amides is 1. The maximum absolute atomic E-state index is 11.0. The summed E-state index contributed by atoms with van der Waals surface area (Å²) in [5.74, 6) is 0. The SMILES string of the molecule is CC(C)(C)C(COC(=O)N=S(=O)=O)[Si](C)(C)C. The molecule has 0 aromatic heterocycles. The van der Waals surface area contributed by atoms with E-state index < -0.39 is 24.7 Å². The van der Waals surface area contributed by atoms with E-state index >= 15 is 0 Å². The van der Waals surface area contributed by atoms with Crippen molar-refractivity contribution < 1.29 is 17.9 Å². The van der Waals surface area contributed by atoms with Gasteiger partial charge in [0, 0.05) is 0 Å². The van der Waals surface area contributed by atoms with Gasteiger partial charge in [-0.1, -0.05) is 44.8 Å². The number of ether oxygens (including phenoxy) is 1. The van der Waals surface area contributed by atoms with Gasteiger partial charge in [0.1, 0.15) is 0 Å². The standard InChI is InChI=1S/C10H21NO4SSi/c1-10(2,3)8(17(4,5)6)7-15-9(12)11-16(13)14/h8H,7H2,1-6H3. The van der Waals surface area contributed by atoms with E-state index in [1.165, 1.54) is 0 Å². The van der Waals surface area contributed by atoms with Crippen molar-refractivity contribution in [1.82, 2.24) is 0 Å². The van der Waals surface area contributed by atoms with E-state index in [9.17, 15) is 13.2 Å². The molecule has 1 unspecified atom stereocenters. The lowest BCUT2D eigenvalue weighted by molar-refractivity contribution is 0.140. The van der Waals surface area contributed by atoms with E-state index in [1.807, 2.05) is 0 Å². The molecule has 0 saturated carbocycles. The van der Waals surface area contributed by atoms with Crippen molar-refractivity contribution in [3.63, 3.8) is 0 Å². The molecule has 100 valence electrons. The van der Waals surface area contributed by atoms with Crippen molar-refractivity contribution in [2.45, 2.75) is 46.0 Å². The van der Waals surface area contributed by atoms with Gasteiger partial charge in [0.25, 0.3) is 0 Å². The van der Waals surface area contributed by atoms with E-state index in [2.05, 4.69) is 44.8 Å². The predicted octanol–water partition coefficient (Wildman–Crippen LogP) is 2.94. The van der Waals surface area contributed by atoms with Crippen molar-refractivity contribution in [3.05, 3.63) is 0 Å². The molecule has 0 aromatic rings. The molecule has 0 bridgehead atoms. The molecule has 0 N–H and O–H groups in total. The first-order chi connectivity index (χ1) is 7.44. The third-order valence-corrected chi connectivity index (χ3v) is 6.03. The molecule has 0 radical (unpaired) electrons. The van der Waals surface area contributed by atoms with E-state index in [4.69, 9.17) is 4.74 Å². The van der Waals surface area contributed by atoms with Crippen LogP contribution in [-0.4, -0.2) is 29.2 Å². The number of hydrogen-bond acceptors (Lipinski definition) is 4. The summed E-state index contributed by atoms with van der Waals surface area (Å²) in [6.07, 6.45) is -1.04. The smallest absolute Gasteiger partial charge is 0.447 e. The second-order valence-electron chi connectivity index (χ2n) is 6.17. The molecule has 0 spiro atoms. The summed E-state index contributed by atoms with van der Waals surface area (Å²) in [6.45, 7) is 13.1. The zero-order chi connectivity index (χ0) is 13.9. The van der Waals surface area contributed by atoms with Crippen molar-refractivity contribution in [2.75, 3.05) is 6.61 Å². The highest BCUT2D eigenvalue weighted by molar-refractivity contribution is 7.62. The fourth-order valence-electron chi connectivity index (χ4n) is 2.04. The molecule has 5 nitrogen and oxygen atoms in total. The van der Waals surface area contributed by atoms with Crippen molar-refractivity contribution in [1.29, 1.82) is 0 Å². The molecule has 0 aliphatic carbocycles. The van der Waals surface area contributed by atoms with Gasteiger partial charge in [-0.3, -0.25) is 0 Å². The number of carbonyl (C=O) groups excluding carboxylic acids is 1. The molecule has 0 saturated heterocycles. The maximum atomic E-state index is 11.0. The highest BCUT2D eigenvalue weighted by atomic mass is 32.2. The van der Waals surface area contributed by atoms with Crippen LogP contribution in [0.1, 0.15) is 20.8 Å². The Bertz CT molecular complexity index is 381. The Labute approximate surface area is 105 Å². The van der Waals surface area contributed by atoms with Crippen LogP contribution in [0.2, 0.25) is 25.2 Å². The Balaban J connectivity index is 4.71. The number of nitrogens with zero attached hydrogens (tertiary/aromatic N) is 1. The van der Waals surface area contributed by atoms with Crippen LogP contribution in [-0.2, 0) is 15.2 Å². The fourth-order valence-corrected chi connectivity index (χ4v) is 5.40. The zero-order valence-corrected chi connectivity index (χ0v) is 13.1. The molecule has 0 fully saturated rings. The molecule has 7 heteroatoms. The maximum Gasteiger partial charge on any atom is 0.448 e. The van der Waals surface area contributed by atoms with E-state index in [0.29, 0.717) is 0 Å². The third-order valence-electron chi connectivity index (χ3n) is 2.61. The van der Waals surface area contributed by atoms with Gasteiger partial charge in [0.05, 0.1) is 14.7 Å². The Morgan fingerprint density at radius 1 is 1.29 bits per heavy atom. The van der Waals surface area contributed by atoms with Crippen LogP contribution in [0.25, 0.3) is 0 Å². The molecule has 1 amide bonds. The third kappa shape index (κ3) is 6.57. The highest BCUT2D eigenvalue weighted by Gasteiger charge is 2.37. The summed E-state index contributed by atoms with van der Waals surface area (Å²) in [5, 5.41) is 0. The van der Waals surface area contributed by atoms with Crippen LogP contribution in [0.15, 0.2) is 4.36 Å². The number of carbonyl (C=O) groups is 1. The van der Waals surface area contributed by atoms with Gasteiger partial charge in [0.2, 0.25) is 0 Å². The summed E-state index contributed by atoms with van der Waals surface area (Å²) in [6, 6.07) is 0. The molecule has 0 aromatic carbocycles. The van der Waals surface area contributed by atoms with Gasteiger partial charge >= 0.3 is 16.6 Å². The van der Waals surface area contributed by atoms with E-state index in [1.54, 1.807) is 0 Å². The lowest BCUT2D eigenvalue weighted by Crippen LogP contribution is -2.39. The summed E-state index contributed by atoms with van der Waals surface area (Å²) in [4.78, 5) is 11.0. The van der Waals surface area contributed by atoms with Crippen molar-refractivity contribution in [2.24, 2.45) is 9.78 Å². The number of hydrogen-bond donors (Lipinski definition) is 0. The molecule has 0 aliphatic rings. The first-order valence-electron chi connectivity index (χ1n) is 5.42. The second kappa shape index (κ2) is 5.77. The molecule has 0 rings (SSSR count). The Hall–Kier alpha value is -0.693. The largest absolute Gasteiger partial charge is 0.448 e. The summed E-state index contributed by atoms with van der Waals surface area (Å²) < 4.78 is 28.1. The van der Waals surface area contributed by atoms with Crippen LogP contribution in [0.5, 0.6) is 0 Å². The van der Waals surface area contributed by atoms with Crippen LogP contribution >= 0.6 is 0 Å². The lowest BCUT2D eigenvalue weighted by atomic mass is 9.92. The summed E-state index contributed by atoms with van der Waals surface area (Å²) in [5.41, 5.74) is 0.260. The van der Waals surface area contributed by atoms with Crippen LogP contribution in [0.3, 0.4) is 0 Å². The topological polar surface area (TPSA) is 72.8 Å². The average Bonchev–Trinajstić information content (AvgIpc) is 1.96. The van der Waals surface area contributed by atoms with Crippen LogP contribution in [0, 0.1) is 5.41 Å². The Morgan fingerprint density at radius 2 is 1.76 bits per heavy atom. The van der Waals surface area contributed by atoms with Gasteiger partial charge in [-0.25, -0.2) is 4.79 Å². The minimum Gasteiger partial charge on any atom is -0.447 e. The predicted molar refractivity (Wildman–Crippen MR) is 69.2 cm³/mol. The van der Waals surface area contributed by atoms with E-state index in [-0.39, 0.29) is 17.6 Å². The number of rotatable bonds is 3. The molecule has 0 heterocycles. The zero-order valence-electron chi connectivity index (χ0n) is 11.3. The fraction of sp³-hybridized carbons (Fsp3) is 0.900.